The molecule has 5 nitrogen and oxygen atoms in total. The molecule has 31 heavy (non-hydrogen) atoms. The van der Waals surface area contributed by atoms with Crippen molar-refractivity contribution in [1.29, 1.82) is 0 Å². The molecule has 1 aromatic carbocycles. The van der Waals surface area contributed by atoms with Crippen LogP contribution < -0.4 is 0 Å². The van der Waals surface area contributed by atoms with Gasteiger partial charge in [0.25, 0.3) is 0 Å². The first-order chi connectivity index (χ1) is 14.9. The summed E-state index contributed by atoms with van der Waals surface area (Å²) in [6.07, 6.45) is 0. The molecule has 1 aliphatic rings. The third-order valence-electron chi connectivity index (χ3n) is 5.75. The number of nitrogens with zero attached hydrogens (tertiary/aromatic N) is 2. The van der Waals surface area contributed by atoms with Crippen LogP contribution in [-0.2, 0) is 22.7 Å². The molecule has 1 N–H and O–H groups in total. The van der Waals surface area contributed by atoms with Crippen molar-refractivity contribution >= 4 is 0 Å². The van der Waals surface area contributed by atoms with E-state index in [1.807, 2.05) is 0 Å². The molecular weight excluding hydrogens is 395 g/mol. The lowest BCUT2D eigenvalue weighted by Crippen LogP contribution is -2.38. The average molecular weight is 431 g/mol. The van der Waals surface area contributed by atoms with Crippen LogP contribution in [0.25, 0.3) is 11.1 Å². The van der Waals surface area contributed by atoms with Crippen molar-refractivity contribution in [2.45, 2.75) is 52.7 Å². The molecule has 0 amide bonds. The molecule has 170 valence electrons. The molecule has 1 fully saturated rings. The van der Waals surface area contributed by atoms with Crippen LogP contribution in [0.2, 0.25) is 0 Å². The van der Waals surface area contributed by atoms with E-state index in [9.17, 15) is 9.50 Å². The second-order valence-corrected chi connectivity index (χ2v) is 8.70. The summed E-state index contributed by atoms with van der Waals surface area (Å²) in [7, 11) is 0. The SMILES string of the molecule is CC(C)c1nc(C(C)C)c(COCCN2CCOCC2)c(-c2ccc(F)cc2)c1CO. The zero-order valence-corrected chi connectivity index (χ0v) is 19.2. The highest BCUT2D eigenvalue weighted by molar-refractivity contribution is 5.73. The van der Waals surface area contributed by atoms with Crippen molar-refractivity contribution in [3.05, 3.63) is 52.6 Å². The van der Waals surface area contributed by atoms with Gasteiger partial charge in [0.1, 0.15) is 5.82 Å². The second kappa shape index (κ2) is 11.1. The van der Waals surface area contributed by atoms with Gasteiger partial charge >= 0.3 is 0 Å². The van der Waals surface area contributed by atoms with Crippen molar-refractivity contribution in [3.8, 4) is 11.1 Å². The summed E-state index contributed by atoms with van der Waals surface area (Å²) in [6.45, 7) is 13.6. The predicted octanol–water partition coefficient (Wildman–Crippen LogP) is 4.48. The van der Waals surface area contributed by atoms with Crippen molar-refractivity contribution < 1.29 is 19.0 Å². The van der Waals surface area contributed by atoms with Crippen LogP contribution in [-0.4, -0.2) is 54.4 Å². The smallest absolute Gasteiger partial charge is 0.123 e. The highest BCUT2D eigenvalue weighted by Gasteiger charge is 2.23. The molecule has 2 heterocycles. The number of hydrogen-bond acceptors (Lipinski definition) is 5. The van der Waals surface area contributed by atoms with Crippen LogP contribution in [0.4, 0.5) is 4.39 Å². The summed E-state index contributed by atoms with van der Waals surface area (Å²) in [5.41, 5.74) is 5.46. The van der Waals surface area contributed by atoms with Crippen LogP contribution in [0, 0.1) is 5.82 Å². The number of benzene rings is 1. The van der Waals surface area contributed by atoms with Gasteiger partial charge in [-0.05, 0) is 35.1 Å². The number of aliphatic hydroxyl groups is 1. The van der Waals surface area contributed by atoms with Crippen molar-refractivity contribution in [3.63, 3.8) is 0 Å². The maximum absolute atomic E-state index is 13.6. The highest BCUT2D eigenvalue weighted by atomic mass is 19.1. The molecule has 0 radical (unpaired) electrons. The first-order valence-electron chi connectivity index (χ1n) is 11.2. The lowest BCUT2D eigenvalue weighted by Gasteiger charge is -2.27. The minimum Gasteiger partial charge on any atom is -0.392 e. The third-order valence-corrected chi connectivity index (χ3v) is 5.75. The van der Waals surface area contributed by atoms with Gasteiger partial charge in [0, 0.05) is 42.1 Å². The van der Waals surface area contributed by atoms with Gasteiger partial charge in [0.15, 0.2) is 0 Å². The number of aliphatic hydroxyl groups excluding tert-OH is 1. The number of aromatic nitrogens is 1. The Kier molecular flexibility index (Phi) is 8.55. The van der Waals surface area contributed by atoms with E-state index in [2.05, 4.69) is 32.6 Å². The standard InChI is InChI=1S/C25H35FN2O3/c1-17(2)24-21(15-29)23(19-5-7-20(26)8-6-19)22(25(27-24)18(3)4)16-31-14-11-28-9-12-30-13-10-28/h5-8,17-18,29H,9-16H2,1-4H3. The van der Waals surface area contributed by atoms with Gasteiger partial charge in [-0.15, -0.1) is 0 Å². The molecule has 0 bridgehead atoms. The Hall–Kier alpha value is -1.86. The van der Waals surface area contributed by atoms with Crippen molar-refractivity contribution in [2.24, 2.45) is 0 Å². The van der Waals surface area contributed by atoms with E-state index in [0.717, 1.165) is 66.5 Å². The number of halogens is 1. The van der Waals surface area contributed by atoms with Crippen molar-refractivity contribution in [2.75, 3.05) is 39.5 Å². The number of rotatable bonds is 9. The van der Waals surface area contributed by atoms with Crippen LogP contribution in [0.5, 0.6) is 0 Å². The number of ether oxygens (including phenoxy) is 2. The summed E-state index contributed by atoms with van der Waals surface area (Å²) in [4.78, 5) is 7.31. The predicted molar refractivity (Wildman–Crippen MR) is 121 cm³/mol. The molecule has 1 saturated heterocycles. The summed E-state index contributed by atoms with van der Waals surface area (Å²) in [5.74, 6) is 0.0808. The van der Waals surface area contributed by atoms with Crippen LogP contribution in [0.3, 0.4) is 0 Å². The molecule has 0 saturated carbocycles. The molecule has 0 atom stereocenters. The van der Waals surface area contributed by atoms with E-state index >= 15 is 0 Å². The Morgan fingerprint density at radius 2 is 1.65 bits per heavy atom. The number of pyridine rings is 1. The molecule has 6 heteroatoms. The zero-order valence-electron chi connectivity index (χ0n) is 19.2. The lowest BCUT2D eigenvalue weighted by molar-refractivity contribution is 0.0179. The van der Waals surface area contributed by atoms with Gasteiger partial charge in [-0.1, -0.05) is 39.8 Å². The zero-order chi connectivity index (χ0) is 22.4. The van der Waals surface area contributed by atoms with E-state index in [-0.39, 0.29) is 24.3 Å². The molecule has 1 aliphatic heterocycles. The van der Waals surface area contributed by atoms with Crippen LogP contribution in [0.15, 0.2) is 24.3 Å². The Balaban J connectivity index is 1.96. The normalized spacial score (nSPS) is 15.2. The van der Waals surface area contributed by atoms with E-state index in [4.69, 9.17) is 14.5 Å². The van der Waals surface area contributed by atoms with Gasteiger partial charge < -0.3 is 14.6 Å². The quantitative estimate of drug-likeness (QED) is 0.595. The van der Waals surface area contributed by atoms with Gasteiger partial charge in [0.2, 0.25) is 0 Å². The topological polar surface area (TPSA) is 54.8 Å². The summed E-state index contributed by atoms with van der Waals surface area (Å²) >= 11 is 0. The largest absolute Gasteiger partial charge is 0.392 e. The molecule has 2 aromatic rings. The first-order valence-corrected chi connectivity index (χ1v) is 11.2. The van der Waals surface area contributed by atoms with Gasteiger partial charge in [-0.25, -0.2) is 4.39 Å². The van der Waals surface area contributed by atoms with E-state index in [1.165, 1.54) is 12.1 Å². The maximum Gasteiger partial charge on any atom is 0.123 e. The molecule has 0 spiro atoms. The molecule has 1 aromatic heterocycles. The van der Waals surface area contributed by atoms with Crippen molar-refractivity contribution in [1.82, 2.24) is 9.88 Å². The highest BCUT2D eigenvalue weighted by Crippen LogP contribution is 2.37. The minimum absolute atomic E-state index is 0.119. The second-order valence-electron chi connectivity index (χ2n) is 8.70. The molecule has 3 rings (SSSR count). The Morgan fingerprint density at radius 3 is 2.23 bits per heavy atom. The lowest BCUT2D eigenvalue weighted by atomic mass is 9.87. The molecular formula is C25H35FN2O3. The third kappa shape index (κ3) is 5.89. The Morgan fingerprint density at radius 1 is 1.03 bits per heavy atom. The monoisotopic (exact) mass is 430 g/mol. The number of hydrogen-bond donors (Lipinski definition) is 1. The van der Waals surface area contributed by atoms with Crippen LogP contribution >= 0.6 is 0 Å². The summed E-state index contributed by atoms with van der Waals surface area (Å²) in [6, 6.07) is 6.47. The fourth-order valence-electron chi connectivity index (χ4n) is 4.12. The van der Waals surface area contributed by atoms with Gasteiger partial charge in [-0.3, -0.25) is 9.88 Å². The summed E-state index contributed by atoms with van der Waals surface area (Å²) in [5, 5.41) is 10.3. The molecule has 0 aliphatic carbocycles. The fourth-order valence-corrected chi connectivity index (χ4v) is 4.12. The number of morpholine rings is 1. The van der Waals surface area contributed by atoms with Gasteiger partial charge in [-0.2, -0.15) is 0 Å². The fraction of sp³-hybridized carbons (Fsp3) is 0.560. The average Bonchev–Trinajstić information content (AvgIpc) is 2.76. The minimum atomic E-state index is -0.278. The summed E-state index contributed by atoms with van der Waals surface area (Å²) < 4.78 is 25.2. The van der Waals surface area contributed by atoms with E-state index in [1.54, 1.807) is 12.1 Å². The van der Waals surface area contributed by atoms with E-state index < -0.39 is 0 Å². The van der Waals surface area contributed by atoms with Crippen LogP contribution in [0.1, 0.15) is 62.0 Å². The maximum atomic E-state index is 13.6. The Labute approximate surface area is 185 Å². The first kappa shape index (κ1) is 23.8. The molecule has 0 unspecified atom stereocenters. The van der Waals surface area contributed by atoms with E-state index in [0.29, 0.717) is 13.2 Å². The van der Waals surface area contributed by atoms with Gasteiger partial charge in [0.05, 0.1) is 33.0 Å². The Bertz CT molecular complexity index is 847.